The quantitative estimate of drug-likeness (QED) is 0.0197. The van der Waals surface area contributed by atoms with Gasteiger partial charge in [0.15, 0.2) is 6.10 Å². The highest BCUT2D eigenvalue weighted by Crippen LogP contribution is 2.43. The molecule has 0 fully saturated rings. The molecule has 0 heterocycles. The van der Waals surface area contributed by atoms with Crippen molar-refractivity contribution in [2.24, 2.45) is 0 Å². The molecule has 0 aliphatic rings. The van der Waals surface area contributed by atoms with Gasteiger partial charge in [-0.05, 0) is 77.0 Å². The number of unbranched alkanes of at least 4 members (excludes halogenated alkanes) is 27. The molecule has 0 aliphatic carbocycles. The summed E-state index contributed by atoms with van der Waals surface area (Å²) in [6, 6.07) is 0. The van der Waals surface area contributed by atoms with Crippen LogP contribution in [0.4, 0.5) is 0 Å². The molecule has 12 heteroatoms. The molecule has 0 amide bonds. The lowest BCUT2D eigenvalue weighted by molar-refractivity contribution is -0.161. The zero-order chi connectivity index (χ0) is 52.7. The van der Waals surface area contributed by atoms with Crippen LogP contribution in [0.1, 0.15) is 265 Å². The van der Waals surface area contributed by atoms with Gasteiger partial charge in [0.25, 0.3) is 0 Å². The molecule has 0 radical (unpaired) electrons. The highest BCUT2D eigenvalue weighted by atomic mass is 31.2. The van der Waals surface area contributed by atoms with Gasteiger partial charge < -0.3 is 24.2 Å². The van der Waals surface area contributed by atoms with Crippen molar-refractivity contribution >= 4 is 25.7 Å². The molecule has 0 saturated carbocycles. The second-order valence-electron chi connectivity index (χ2n) is 19.4. The Morgan fingerprint density at radius 1 is 0.403 bits per heavy atom. The molecular weight excluding hydrogens is 928 g/mol. The molecule has 0 spiro atoms. The summed E-state index contributed by atoms with van der Waals surface area (Å²) in [6.07, 6.45) is 58.9. The predicted octanol–water partition coefficient (Wildman–Crippen LogP) is 17.1. The molecule has 72 heavy (non-hydrogen) atoms. The fourth-order valence-electron chi connectivity index (χ4n) is 7.98. The number of aliphatic hydroxyl groups excluding tert-OH is 1. The van der Waals surface area contributed by atoms with Crippen LogP contribution < -0.4 is 0 Å². The lowest BCUT2D eigenvalue weighted by Crippen LogP contribution is -2.30. The first-order valence-electron chi connectivity index (χ1n) is 29.2. The van der Waals surface area contributed by atoms with Crippen LogP contribution in [0.2, 0.25) is 0 Å². The molecule has 418 valence electrons. The number of rotatable bonds is 54. The Morgan fingerprint density at radius 3 is 1.17 bits per heavy atom. The van der Waals surface area contributed by atoms with Gasteiger partial charge in [-0.3, -0.25) is 23.4 Å². The zero-order valence-electron chi connectivity index (χ0n) is 46.1. The first-order valence-corrected chi connectivity index (χ1v) is 30.7. The molecule has 2 N–H and O–H groups in total. The number of allylic oxidation sites excluding steroid dienone is 10. The molecule has 0 saturated heterocycles. The maximum Gasteiger partial charge on any atom is 0.472 e. The van der Waals surface area contributed by atoms with Crippen molar-refractivity contribution in [3.63, 3.8) is 0 Å². The third-order valence-electron chi connectivity index (χ3n) is 12.4. The highest BCUT2D eigenvalue weighted by Gasteiger charge is 2.28. The summed E-state index contributed by atoms with van der Waals surface area (Å²) < 4.78 is 39.5. The molecular formula is C60H107O11P. The summed E-state index contributed by atoms with van der Waals surface area (Å²) in [5.74, 6) is -1.48. The molecule has 3 unspecified atom stereocenters. The van der Waals surface area contributed by atoms with E-state index in [1.54, 1.807) is 0 Å². The third kappa shape index (κ3) is 52.1. The largest absolute Gasteiger partial charge is 0.472 e. The number of carbonyl (C=O) groups excluding carboxylic acids is 3. The Labute approximate surface area is 440 Å². The number of hydrogen-bond donors (Lipinski definition) is 2. The normalized spacial score (nSPS) is 13.8. The van der Waals surface area contributed by atoms with Crippen molar-refractivity contribution in [3.8, 4) is 0 Å². The first-order chi connectivity index (χ1) is 35.2. The Hall–Kier alpha value is -2.82. The van der Waals surface area contributed by atoms with E-state index in [0.717, 1.165) is 122 Å². The van der Waals surface area contributed by atoms with E-state index < -0.39 is 57.8 Å². The Bertz CT molecular complexity index is 1440. The van der Waals surface area contributed by atoms with Crippen LogP contribution in [-0.2, 0) is 42.2 Å². The number of ether oxygens (including phenoxy) is 3. The Morgan fingerprint density at radius 2 is 0.736 bits per heavy atom. The van der Waals surface area contributed by atoms with Gasteiger partial charge in [0.2, 0.25) is 0 Å². The minimum absolute atomic E-state index is 0.166. The summed E-state index contributed by atoms with van der Waals surface area (Å²) in [5, 5.41) is 9.79. The van der Waals surface area contributed by atoms with Crippen LogP contribution in [0.25, 0.3) is 0 Å². The van der Waals surface area contributed by atoms with Crippen LogP contribution in [0.5, 0.6) is 0 Å². The standard InChI is InChI=1S/C60H107O11P/c1-4-7-10-13-16-19-22-24-26-27-28-29-31-32-35-37-40-43-46-49-58(62)67-53-57(71-60(64)51-48-45-42-39-36-33-30-25-23-20-17-14-11-8-5-2)55-69-72(65,66)68-54-56(52-61)70-59(63)50-47-44-41-38-34-21-18-15-12-9-6-3/h7,10,15-16,18-19,24,26,28-29,56-57,61H,4-6,8-9,11-14,17,20-23,25,27,30-55H2,1-3H3,(H,65,66)/b10-7-,18-15-,19-16-,26-24-,29-28-. The topological polar surface area (TPSA) is 155 Å². The molecule has 0 rings (SSSR count). The minimum Gasteiger partial charge on any atom is -0.462 e. The van der Waals surface area contributed by atoms with Crippen molar-refractivity contribution in [3.05, 3.63) is 60.8 Å². The van der Waals surface area contributed by atoms with E-state index in [9.17, 15) is 28.9 Å². The van der Waals surface area contributed by atoms with E-state index in [1.807, 2.05) is 0 Å². The monoisotopic (exact) mass is 1030 g/mol. The van der Waals surface area contributed by atoms with Gasteiger partial charge in [-0.1, -0.05) is 229 Å². The molecule has 11 nitrogen and oxygen atoms in total. The van der Waals surface area contributed by atoms with Gasteiger partial charge in [-0.15, -0.1) is 0 Å². The Balaban J connectivity index is 4.72. The maximum atomic E-state index is 12.9. The molecule has 0 bridgehead atoms. The lowest BCUT2D eigenvalue weighted by atomic mass is 10.0. The number of aliphatic hydroxyl groups is 1. The van der Waals surface area contributed by atoms with Gasteiger partial charge in [-0.25, -0.2) is 4.57 Å². The maximum absolute atomic E-state index is 12.9. The molecule has 0 aromatic carbocycles. The third-order valence-corrected chi connectivity index (χ3v) is 13.4. The van der Waals surface area contributed by atoms with Crippen LogP contribution in [0.3, 0.4) is 0 Å². The van der Waals surface area contributed by atoms with E-state index in [4.69, 9.17) is 23.3 Å². The summed E-state index contributed by atoms with van der Waals surface area (Å²) in [7, 11) is -4.75. The average Bonchev–Trinajstić information content (AvgIpc) is 3.37. The SMILES string of the molecule is CC/C=C\C/C=C\C/C=C\C/C=C\CCCCCCCCC(=O)OCC(COP(=O)(O)OCC(CO)OC(=O)CCCCCCC/C=C\CCCC)OC(=O)CCCCCCCCCCCCCCCCC. The van der Waals surface area contributed by atoms with E-state index >= 15 is 0 Å². The van der Waals surface area contributed by atoms with E-state index in [2.05, 4.69) is 81.5 Å². The van der Waals surface area contributed by atoms with Crippen molar-refractivity contribution in [1.82, 2.24) is 0 Å². The molecule has 3 atom stereocenters. The molecule has 0 aromatic heterocycles. The van der Waals surface area contributed by atoms with Crippen LogP contribution in [-0.4, -0.2) is 66.5 Å². The zero-order valence-corrected chi connectivity index (χ0v) is 47.0. The smallest absolute Gasteiger partial charge is 0.462 e. The fraction of sp³-hybridized carbons (Fsp3) is 0.783. The first kappa shape index (κ1) is 69.2. The van der Waals surface area contributed by atoms with Crippen molar-refractivity contribution < 1.29 is 52.2 Å². The summed E-state index contributed by atoms with van der Waals surface area (Å²) in [4.78, 5) is 48.5. The fourth-order valence-corrected chi connectivity index (χ4v) is 8.76. The summed E-state index contributed by atoms with van der Waals surface area (Å²) >= 11 is 0. The van der Waals surface area contributed by atoms with Crippen molar-refractivity contribution in [2.75, 3.05) is 26.4 Å². The van der Waals surface area contributed by atoms with E-state index in [0.29, 0.717) is 19.3 Å². The van der Waals surface area contributed by atoms with Gasteiger partial charge >= 0.3 is 25.7 Å². The van der Waals surface area contributed by atoms with Gasteiger partial charge in [0.1, 0.15) is 12.7 Å². The average molecular weight is 1040 g/mol. The van der Waals surface area contributed by atoms with Gasteiger partial charge in [0, 0.05) is 19.3 Å². The summed E-state index contributed by atoms with van der Waals surface area (Å²) in [6.45, 7) is 4.49. The minimum atomic E-state index is -4.75. The second kappa shape index (κ2) is 54.4. The van der Waals surface area contributed by atoms with Crippen LogP contribution in [0.15, 0.2) is 60.8 Å². The second-order valence-corrected chi connectivity index (χ2v) is 20.9. The highest BCUT2D eigenvalue weighted by molar-refractivity contribution is 7.47. The summed E-state index contributed by atoms with van der Waals surface area (Å²) in [5.41, 5.74) is 0. The van der Waals surface area contributed by atoms with Crippen molar-refractivity contribution in [1.29, 1.82) is 0 Å². The van der Waals surface area contributed by atoms with Gasteiger partial charge in [0.05, 0.1) is 19.8 Å². The number of esters is 3. The number of phosphoric acid groups is 1. The van der Waals surface area contributed by atoms with Crippen molar-refractivity contribution in [2.45, 2.75) is 277 Å². The number of phosphoric ester groups is 1. The van der Waals surface area contributed by atoms with E-state index in [1.165, 1.54) is 83.5 Å². The molecule has 0 aliphatic heterocycles. The van der Waals surface area contributed by atoms with Crippen LogP contribution in [0, 0.1) is 0 Å². The van der Waals surface area contributed by atoms with E-state index in [-0.39, 0.29) is 25.9 Å². The van der Waals surface area contributed by atoms with Crippen LogP contribution >= 0.6 is 7.82 Å². The number of carbonyl (C=O) groups is 3. The Kier molecular flexibility index (Phi) is 52.3. The number of hydrogen-bond acceptors (Lipinski definition) is 10. The lowest BCUT2D eigenvalue weighted by Gasteiger charge is -2.21. The predicted molar refractivity (Wildman–Crippen MR) is 298 cm³/mol. The van der Waals surface area contributed by atoms with Gasteiger partial charge in [-0.2, -0.15) is 0 Å². The molecule has 0 aromatic rings.